The molecule has 0 amide bonds. The molecule has 2 N–H and O–H groups in total. The summed E-state index contributed by atoms with van der Waals surface area (Å²) in [6, 6.07) is 1.20. The standard InChI is InChI=1S/C13H20N2O4S/c1-2-15-9-11(8-12(15)13(16)17)20(18,19)14-7-3-4-10-5-6-10/h8-10,14H,2-7H2,1H3,(H,16,17). The van der Waals surface area contributed by atoms with Gasteiger partial charge in [-0.15, -0.1) is 0 Å². The number of hydrogen-bond donors (Lipinski definition) is 2. The van der Waals surface area contributed by atoms with Gasteiger partial charge in [-0.2, -0.15) is 0 Å². The van der Waals surface area contributed by atoms with Crippen molar-refractivity contribution in [1.29, 1.82) is 0 Å². The second kappa shape index (κ2) is 5.97. The minimum absolute atomic E-state index is 0.00847. The fourth-order valence-electron chi connectivity index (χ4n) is 2.16. The zero-order chi connectivity index (χ0) is 14.8. The van der Waals surface area contributed by atoms with Crippen LogP contribution in [0.2, 0.25) is 0 Å². The summed E-state index contributed by atoms with van der Waals surface area (Å²) in [6.07, 6.45) is 5.76. The molecule has 7 heteroatoms. The Hall–Kier alpha value is -1.34. The number of sulfonamides is 1. The van der Waals surface area contributed by atoms with Gasteiger partial charge in [0.25, 0.3) is 0 Å². The minimum atomic E-state index is -3.62. The predicted octanol–water partition coefficient (Wildman–Crippen LogP) is 1.67. The molecule has 0 aromatic carbocycles. The summed E-state index contributed by atoms with van der Waals surface area (Å²) in [6.45, 7) is 2.59. The predicted molar refractivity (Wildman–Crippen MR) is 74.2 cm³/mol. The molecular weight excluding hydrogens is 280 g/mol. The van der Waals surface area contributed by atoms with Crippen molar-refractivity contribution in [3.05, 3.63) is 18.0 Å². The van der Waals surface area contributed by atoms with E-state index in [1.165, 1.54) is 29.7 Å². The molecule has 0 bridgehead atoms. The lowest BCUT2D eigenvalue weighted by Crippen LogP contribution is -2.24. The fourth-order valence-corrected chi connectivity index (χ4v) is 3.27. The minimum Gasteiger partial charge on any atom is -0.477 e. The van der Waals surface area contributed by atoms with Gasteiger partial charge in [0.1, 0.15) is 10.6 Å². The lowest BCUT2D eigenvalue weighted by Gasteiger charge is -2.04. The third-order valence-electron chi connectivity index (χ3n) is 3.52. The van der Waals surface area contributed by atoms with Crippen LogP contribution in [0.1, 0.15) is 43.1 Å². The van der Waals surface area contributed by atoms with Gasteiger partial charge in [-0.3, -0.25) is 0 Å². The lowest BCUT2D eigenvalue weighted by atomic mass is 10.2. The summed E-state index contributed by atoms with van der Waals surface area (Å²) in [4.78, 5) is 11.0. The highest BCUT2D eigenvalue weighted by Crippen LogP contribution is 2.33. The van der Waals surface area contributed by atoms with Gasteiger partial charge in [-0.1, -0.05) is 12.8 Å². The van der Waals surface area contributed by atoms with Crippen LogP contribution in [-0.2, 0) is 16.6 Å². The maximum Gasteiger partial charge on any atom is 0.352 e. The number of carboxylic acids is 1. The molecule has 112 valence electrons. The third kappa shape index (κ3) is 3.61. The van der Waals surface area contributed by atoms with Gasteiger partial charge in [0.15, 0.2) is 0 Å². The number of nitrogens with one attached hydrogen (secondary N) is 1. The molecular formula is C13H20N2O4S. The Morgan fingerprint density at radius 1 is 1.50 bits per heavy atom. The molecule has 1 saturated carbocycles. The molecule has 0 spiro atoms. The van der Waals surface area contributed by atoms with Gasteiger partial charge in [-0.05, 0) is 31.7 Å². The van der Waals surface area contributed by atoms with Crippen LogP contribution < -0.4 is 4.72 Å². The smallest absolute Gasteiger partial charge is 0.352 e. The van der Waals surface area contributed by atoms with Crippen molar-refractivity contribution in [3.8, 4) is 0 Å². The van der Waals surface area contributed by atoms with Crippen molar-refractivity contribution in [3.63, 3.8) is 0 Å². The zero-order valence-corrected chi connectivity index (χ0v) is 12.3. The molecule has 1 aromatic heterocycles. The van der Waals surface area contributed by atoms with Crippen LogP contribution in [0, 0.1) is 5.92 Å². The molecule has 0 unspecified atom stereocenters. The van der Waals surface area contributed by atoms with E-state index >= 15 is 0 Å². The van der Waals surface area contributed by atoms with Crippen molar-refractivity contribution in [2.75, 3.05) is 6.54 Å². The molecule has 0 aliphatic heterocycles. The molecule has 1 fully saturated rings. The van der Waals surface area contributed by atoms with E-state index in [2.05, 4.69) is 4.72 Å². The highest BCUT2D eigenvalue weighted by atomic mass is 32.2. The van der Waals surface area contributed by atoms with Crippen molar-refractivity contribution in [2.45, 2.75) is 44.0 Å². The van der Waals surface area contributed by atoms with Gasteiger partial charge >= 0.3 is 5.97 Å². The molecule has 6 nitrogen and oxygen atoms in total. The average molecular weight is 300 g/mol. The summed E-state index contributed by atoms with van der Waals surface area (Å²) in [7, 11) is -3.62. The Morgan fingerprint density at radius 2 is 2.20 bits per heavy atom. The highest BCUT2D eigenvalue weighted by molar-refractivity contribution is 7.89. The first-order valence-electron chi connectivity index (χ1n) is 6.87. The molecule has 0 saturated heterocycles. The molecule has 20 heavy (non-hydrogen) atoms. The Morgan fingerprint density at radius 3 is 2.70 bits per heavy atom. The molecule has 1 aliphatic rings. The highest BCUT2D eigenvalue weighted by Gasteiger charge is 2.22. The Bertz CT molecular complexity index is 588. The van der Waals surface area contributed by atoms with Crippen molar-refractivity contribution in [2.24, 2.45) is 5.92 Å². The second-order valence-corrected chi connectivity index (χ2v) is 6.90. The van der Waals surface area contributed by atoms with Gasteiger partial charge in [0.05, 0.1) is 0 Å². The number of nitrogens with zero attached hydrogens (tertiary/aromatic N) is 1. The second-order valence-electron chi connectivity index (χ2n) is 5.14. The van der Waals surface area contributed by atoms with Gasteiger partial charge in [0, 0.05) is 19.3 Å². The van der Waals surface area contributed by atoms with E-state index in [1.54, 1.807) is 6.92 Å². The van der Waals surface area contributed by atoms with Gasteiger partial charge in [-0.25, -0.2) is 17.9 Å². The van der Waals surface area contributed by atoms with Crippen LogP contribution in [-0.4, -0.2) is 30.6 Å². The van der Waals surface area contributed by atoms with Crippen LogP contribution in [0.3, 0.4) is 0 Å². The van der Waals surface area contributed by atoms with E-state index < -0.39 is 16.0 Å². The third-order valence-corrected chi connectivity index (χ3v) is 4.95. The molecule has 1 aromatic rings. The Labute approximate surface area is 118 Å². The Kier molecular flexibility index (Phi) is 4.49. The molecule has 1 aliphatic carbocycles. The summed E-state index contributed by atoms with van der Waals surface area (Å²) in [5.41, 5.74) is -0.00847. The molecule has 0 radical (unpaired) electrons. The first-order chi connectivity index (χ1) is 9.44. The maximum atomic E-state index is 12.1. The Balaban J connectivity index is 2.01. The van der Waals surface area contributed by atoms with Crippen molar-refractivity contribution < 1.29 is 18.3 Å². The van der Waals surface area contributed by atoms with Crippen LogP contribution in [0.15, 0.2) is 17.2 Å². The molecule has 0 atom stereocenters. The number of aromatic nitrogens is 1. The van der Waals surface area contributed by atoms with E-state index in [-0.39, 0.29) is 10.6 Å². The van der Waals surface area contributed by atoms with Crippen LogP contribution in [0.4, 0.5) is 0 Å². The number of hydrogen-bond acceptors (Lipinski definition) is 3. The monoisotopic (exact) mass is 300 g/mol. The topological polar surface area (TPSA) is 88.4 Å². The first kappa shape index (κ1) is 15.1. The van der Waals surface area contributed by atoms with Crippen molar-refractivity contribution >= 4 is 16.0 Å². The van der Waals surface area contributed by atoms with Crippen LogP contribution in [0.25, 0.3) is 0 Å². The molecule has 2 rings (SSSR count). The zero-order valence-electron chi connectivity index (χ0n) is 11.5. The van der Waals surface area contributed by atoms with E-state index in [0.717, 1.165) is 18.8 Å². The fraction of sp³-hybridized carbons (Fsp3) is 0.615. The normalized spacial score (nSPS) is 15.4. The van der Waals surface area contributed by atoms with E-state index in [9.17, 15) is 13.2 Å². The summed E-state index contributed by atoms with van der Waals surface area (Å²) >= 11 is 0. The largest absolute Gasteiger partial charge is 0.477 e. The van der Waals surface area contributed by atoms with E-state index in [0.29, 0.717) is 13.1 Å². The number of aryl methyl sites for hydroxylation is 1. The first-order valence-corrected chi connectivity index (χ1v) is 8.35. The van der Waals surface area contributed by atoms with Crippen LogP contribution >= 0.6 is 0 Å². The number of carbonyl (C=O) groups is 1. The lowest BCUT2D eigenvalue weighted by molar-refractivity contribution is 0.0685. The average Bonchev–Trinajstić information content (AvgIpc) is 3.09. The number of rotatable bonds is 8. The van der Waals surface area contributed by atoms with Gasteiger partial charge in [0.2, 0.25) is 10.0 Å². The maximum absolute atomic E-state index is 12.1. The summed E-state index contributed by atoms with van der Waals surface area (Å²) < 4.78 is 28.1. The van der Waals surface area contributed by atoms with E-state index in [1.807, 2.05) is 0 Å². The SMILES string of the molecule is CCn1cc(S(=O)(=O)NCCCC2CC2)cc1C(=O)O. The van der Waals surface area contributed by atoms with E-state index in [4.69, 9.17) is 5.11 Å². The number of carboxylic acid groups (broad SMARTS) is 1. The summed E-state index contributed by atoms with van der Waals surface area (Å²) in [5.74, 6) is -0.346. The van der Waals surface area contributed by atoms with Crippen LogP contribution in [0.5, 0.6) is 0 Å². The summed E-state index contributed by atoms with van der Waals surface area (Å²) in [5, 5.41) is 9.02. The van der Waals surface area contributed by atoms with Gasteiger partial charge < -0.3 is 9.67 Å². The number of aromatic carboxylic acids is 1. The quantitative estimate of drug-likeness (QED) is 0.715. The molecule has 1 heterocycles. The van der Waals surface area contributed by atoms with Crippen molar-refractivity contribution in [1.82, 2.24) is 9.29 Å².